The molecule has 6 heteroatoms. The van der Waals surface area contributed by atoms with Gasteiger partial charge in [0, 0.05) is 34.4 Å². The van der Waals surface area contributed by atoms with Crippen molar-refractivity contribution in [3.8, 4) is 0 Å². The van der Waals surface area contributed by atoms with Crippen molar-refractivity contribution in [3.63, 3.8) is 0 Å². The number of aromatic nitrogens is 1. The van der Waals surface area contributed by atoms with Gasteiger partial charge in [-0.1, -0.05) is 0 Å². The SMILES string of the molecule is CCOC(=O)c1cn(C2CCOCC2)c2ccc(I)cc2c1=O. The number of hydrogen-bond acceptors (Lipinski definition) is 4. The first-order chi connectivity index (χ1) is 11.1. The van der Waals surface area contributed by atoms with Crippen LogP contribution in [0.15, 0.2) is 29.2 Å². The van der Waals surface area contributed by atoms with Crippen molar-refractivity contribution in [1.82, 2.24) is 4.57 Å². The number of ether oxygens (including phenoxy) is 2. The molecule has 0 N–H and O–H groups in total. The minimum absolute atomic E-state index is 0.104. The Morgan fingerprint density at radius 1 is 1.39 bits per heavy atom. The topological polar surface area (TPSA) is 57.5 Å². The molecule has 2 heterocycles. The average molecular weight is 427 g/mol. The second kappa shape index (κ2) is 7.00. The predicted molar refractivity (Wildman–Crippen MR) is 96.0 cm³/mol. The number of halogens is 1. The maximum Gasteiger partial charge on any atom is 0.343 e. The Morgan fingerprint density at radius 2 is 2.13 bits per heavy atom. The lowest BCUT2D eigenvalue weighted by Gasteiger charge is -2.27. The van der Waals surface area contributed by atoms with E-state index in [1.165, 1.54) is 0 Å². The second-order valence-electron chi connectivity index (χ2n) is 5.50. The van der Waals surface area contributed by atoms with Gasteiger partial charge in [-0.3, -0.25) is 4.79 Å². The molecule has 1 aromatic carbocycles. The summed E-state index contributed by atoms with van der Waals surface area (Å²) in [7, 11) is 0. The fourth-order valence-electron chi connectivity index (χ4n) is 2.95. The minimum atomic E-state index is -0.556. The van der Waals surface area contributed by atoms with Gasteiger partial charge in [-0.2, -0.15) is 0 Å². The van der Waals surface area contributed by atoms with Crippen LogP contribution in [0.4, 0.5) is 0 Å². The molecule has 0 atom stereocenters. The van der Waals surface area contributed by atoms with Crippen molar-refractivity contribution in [2.75, 3.05) is 19.8 Å². The van der Waals surface area contributed by atoms with E-state index in [0.717, 1.165) is 21.9 Å². The van der Waals surface area contributed by atoms with E-state index in [0.29, 0.717) is 18.6 Å². The van der Waals surface area contributed by atoms with Crippen molar-refractivity contribution in [3.05, 3.63) is 43.8 Å². The van der Waals surface area contributed by atoms with Crippen LogP contribution < -0.4 is 5.43 Å². The normalized spacial score (nSPS) is 15.7. The molecule has 1 aliphatic heterocycles. The molecule has 3 rings (SSSR count). The highest BCUT2D eigenvalue weighted by Gasteiger charge is 2.22. The molecule has 0 unspecified atom stereocenters. The van der Waals surface area contributed by atoms with E-state index in [4.69, 9.17) is 9.47 Å². The smallest absolute Gasteiger partial charge is 0.343 e. The zero-order chi connectivity index (χ0) is 16.4. The fraction of sp³-hybridized carbons (Fsp3) is 0.412. The molecule has 1 saturated heterocycles. The fourth-order valence-corrected chi connectivity index (χ4v) is 3.44. The first-order valence-electron chi connectivity index (χ1n) is 7.71. The largest absolute Gasteiger partial charge is 0.462 e. The monoisotopic (exact) mass is 427 g/mol. The number of carbonyl (C=O) groups is 1. The number of fused-ring (bicyclic) bond motifs is 1. The Morgan fingerprint density at radius 3 is 2.83 bits per heavy atom. The molecule has 0 saturated carbocycles. The van der Waals surface area contributed by atoms with Crippen LogP contribution >= 0.6 is 22.6 Å². The van der Waals surface area contributed by atoms with E-state index < -0.39 is 5.97 Å². The molecule has 0 spiro atoms. The molecule has 0 amide bonds. The molecule has 0 radical (unpaired) electrons. The molecule has 5 nitrogen and oxygen atoms in total. The van der Waals surface area contributed by atoms with Crippen molar-refractivity contribution < 1.29 is 14.3 Å². The van der Waals surface area contributed by atoms with Crippen LogP contribution in [-0.2, 0) is 9.47 Å². The van der Waals surface area contributed by atoms with E-state index in [1.807, 2.05) is 22.8 Å². The maximum absolute atomic E-state index is 12.7. The van der Waals surface area contributed by atoms with Gasteiger partial charge in [-0.15, -0.1) is 0 Å². The summed E-state index contributed by atoms with van der Waals surface area (Å²) < 4.78 is 13.5. The lowest BCUT2D eigenvalue weighted by Crippen LogP contribution is -2.25. The summed E-state index contributed by atoms with van der Waals surface area (Å²) in [5.41, 5.74) is 0.698. The van der Waals surface area contributed by atoms with Gasteiger partial charge in [0.05, 0.1) is 12.1 Å². The van der Waals surface area contributed by atoms with Crippen LogP contribution in [-0.4, -0.2) is 30.4 Å². The van der Waals surface area contributed by atoms with Gasteiger partial charge in [0.2, 0.25) is 5.43 Å². The first kappa shape index (κ1) is 16.4. The standard InChI is InChI=1S/C17H18INO4/c1-2-23-17(21)14-10-19(12-5-7-22-8-6-12)15-4-3-11(18)9-13(15)16(14)20/h3-4,9-10,12H,2,5-8H2,1H3. The Labute approximate surface area is 147 Å². The zero-order valence-electron chi connectivity index (χ0n) is 12.9. The molecular formula is C17H18INO4. The number of rotatable bonds is 3. The highest BCUT2D eigenvalue weighted by molar-refractivity contribution is 14.1. The molecule has 1 fully saturated rings. The maximum atomic E-state index is 12.7. The summed E-state index contributed by atoms with van der Waals surface area (Å²) >= 11 is 2.17. The summed E-state index contributed by atoms with van der Waals surface area (Å²) in [5.74, 6) is -0.556. The summed E-state index contributed by atoms with van der Waals surface area (Å²) in [4.78, 5) is 24.9. The van der Waals surface area contributed by atoms with Gasteiger partial charge in [0.15, 0.2) is 0 Å². The molecule has 122 valence electrons. The van der Waals surface area contributed by atoms with Crippen LogP contribution in [0.2, 0.25) is 0 Å². The zero-order valence-corrected chi connectivity index (χ0v) is 15.0. The van der Waals surface area contributed by atoms with Crippen molar-refractivity contribution >= 4 is 39.5 Å². The summed E-state index contributed by atoms with van der Waals surface area (Å²) in [5, 5.41) is 0.564. The number of pyridine rings is 1. The molecular weight excluding hydrogens is 409 g/mol. The van der Waals surface area contributed by atoms with Crippen LogP contribution in [0.1, 0.15) is 36.2 Å². The summed E-state index contributed by atoms with van der Waals surface area (Å²) in [6.07, 6.45) is 3.39. The second-order valence-corrected chi connectivity index (χ2v) is 6.75. The van der Waals surface area contributed by atoms with Gasteiger partial charge < -0.3 is 14.0 Å². The highest BCUT2D eigenvalue weighted by Crippen LogP contribution is 2.26. The van der Waals surface area contributed by atoms with Crippen molar-refractivity contribution in [1.29, 1.82) is 0 Å². The average Bonchev–Trinajstić information content (AvgIpc) is 2.56. The van der Waals surface area contributed by atoms with Gasteiger partial charge in [-0.05, 0) is 60.6 Å². The number of nitrogens with zero attached hydrogens (tertiary/aromatic N) is 1. The lowest BCUT2D eigenvalue weighted by atomic mass is 10.1. The lowest BCUT2D eigenvalue weighted by molar-refractivity contribution is 0.0522. The van der Waals surface area contributed by atoms with Crippen molar-refractivity contribution in [2.24, 2.45) is 0 Å². The van der Waals surface area contributed by atoms with E-state index in [-0.39, 0.29) is 23.6 Å². The van der Waals surface area contributed by atoms with Gasteiger partial charge >= 0.3 is 5.97 Å². The minimum Gasteiger partial charge on any atom is -0.462 e. The Bertz CT molecular complexity index is 793. The van der Waals surface area contributed by atoms with Gasteiger partial charge in [-0.25, -0.2) is 4.79 Å². The third-order valence-corrected chi connectivity index (χ3v) is 4.74. The van der Waals surface area contributed by atoms with Crippen LogP contribution in [0.25, 0.3) is 10.9 Å². The Hall–Kier alpha value is -1.41. The van der Waals surface area contributed by atoms with Crippen molar-refractivity contribution in [2.45, 2.75) is 25.8 Å². The third-order valence-electron chi connectivity index (χ3n) is 4.07. The predicted octanol–water partition coefficient (Wildman–Crippen LogP) is 3.13. The van der Waals surface area contributed by atoms with E-state index >= 15 is 0 Å². The number of benzene rings is 1. The van der Waals surface area contributed by atoms with E-state index in [9.17, 15) is 9.59 Å². The molecule has 2 aromatic rings. The van der Waals surface area contributed by atoms with E-state index in [1.54, 1.807) is 13.1 Å². The third kappa shape index (κ3) is 3.28. The quantitative estimate of drug-likeness (QED) is 0.558. The molecule has 0 bridgehead atoms. The summed E-state index contributed by atoms with van der Waals surface area (Å²) in [6, 6.07) is 5.97. The number of carbonyl (C=O) groups excluding carboxylic acids is 1. The van der Waals surface area contributed by atoms with Crippen LogP contribution in [0.5, 0.6) is 0 Å². The first-order valence-corrected chi connectivity index (χ1v) is 8.79. The number of hydrogen-bond donors (Lipinski definition) is 0. The molecule has 1 aliphatic rings. The molecule has 23 heavy (non-hydrogen) atoms. The molecule has 1 aromatic heterocycles. The van der Waals surface area contributed by atoms with Gasteiger partial charge in [0.25, 0.3) is 0 Å². The van der Waals surface area contributed by atoms with Crippen LogP contribution in [0.3, 0.4) is 0 Å². The van der Waals surface area contributed by atoms with Crippen LogP contribution in [0, 0.1) is 3.57 Å². The highest BCUT2D eigenvalue weighted by atomic mass is 127. The summed E-state index contributed by atoms with van der Waals surface area (Å²) in [6.45, 7) is 3.37. The van der Waals surface area contributed by atoms with E-state index in [2.05, 4.69) is 22.6 Å². The molecule has 0 aliphatic carbocycles. The Kier molecular flexibility index (Phi) is 5.01. The Balaban J connectivity index is 2.22. The van der Waals surface area contributed by atoms with Gasteiger partial charge in [0.1, 0.15) is 5.56 Å². The number of esters is 1.